The van der Waals surface area contributed by atoms with Crippen molar-refractivity contribution in [2.24, 2.45) is 10.4 Å². The molecule has 1 atom stereocenters. The molecule has 0 saturated heterocycles. The third kappa shape index (κ3) is 3.39. The normalized spacial score (nSPS) is 18.1. The number of pyridine rings is 1. The van der Waals surface area contributed by atoms with E-state index in [0.717, 1.165) is 11.1 Å². The summed E-state index contributed by atoms with van der Waals surface area (Å²) in [7, 11) is 1.63. The van der Waals surface area contributed by atoms with Crippen LogP contribution in [0.4, 0.5) is 0 Å². The Labute approximate surface area is 172 Å². The van der Waals surface area contributed by atoms with Crippen molar-refractivity contribution < 1.29 is 9.47 Å². The lowest BCUT2D eigenvalue weighted by molar-refractivity contribution is 0.0554. The maximum Gasteiger partial charge on any atom is 0.237 e. The zero-order chi connectivity index (χ0) is 20.5. The van der Waals surface area contributed by atoms with E-state index >= 15 is 0 Å². The number of benzene rings is 2. The van der Waals surface area contributed by atoms with E-state index in [-0.39, 0.29) is 11.5 Å². The van der Waals surface area contributed by atoms with Gasteiger partial charge in [-0.15, -0.1) is 0 Å². The minimum Gasteiger partial charge on any atom is -0.495 e. The zero-order valence-corrected chi connectivity index (χ0v) is 17.3. The summed E-state index contributed by atoms with van der Waals surface area (Å²) >= 11 is 0. The second-order valence-corrected chi connectivity index (χ2v) is 8.36. The first-order valence-electron chi connectivity index (χ1n) is 9.83. The van der Waals surface area contributed by atoms with E-state index in [1.807, 2.05) is 48.5 Å². The Morgan fingerprint density at radius 3 is 1.90 bits per heavy atom. The molecule has 1 aliphatic heterocycles. The molecule has 0 N–H and O–H groups in total. The lowest BCUT2D eigenvalue weighted by Gasteiger charge is -2.40. The summed E-state index contributed by atoms with van der Waals surface area (Å²) in [5, 5.41) is 0. The molecule has 4 nitrogen and oxygen atoms in total. The first-order valence-corrected chi connectivity index (χ1v) is 9.83. The summed E-state index contributed by atoms with van der Waals surface area (Å²) < 4.78 is 12.0. The molecule has 2 heterocycles. The summed E-state index contributed by atoms with van der Waals surface area (Å²) in [5.74, 6) is 1.26. The van der Waals surface area contributed by atoms with Crippen LogP contribution in [0.15, 0.2) is 84.0 Å². The quantitative estimate of drug-likeness (QED) is 0.617. The molecule has 0 aliphatic carbocycles. The van der Waals surface area contributed by atoms with Crippen molar-refractivity contribution >= 4 is 5.90 Å². The lowest BCUT2D eigenvalue weighted by atomic mass is 9.70. The molecule has 0 unspecified atom stereocenters. The molecule has 29 heavy (non-hydrogen) atoms. The fourth-order valence-corrected chi connectivity index (χ4v) is 3.96. The van der Waals surface area contributed by atoms with Gasteiger partial charge in [0.15, 0.2) is 5.60 Å². The van der Waals surface area contributed by atoms with E-state index in [1.54, 1.807) is 13.3 Å². The minimum absolute atomic E-state index is 0.126. The third-order valence-corrected chi connectivity index (χ3v) is 5.31. The highest BCUT2D eigenvalue weighted by atomic mass is 16.5. The summed E-state index contributed by atoms with van der Waals surface area (Å²) in [6.45, 7) is 6.61. The predicted octanol–water partition coefficient (Wildman–Crippen LogP) is 5.23. The molecular formula is C25H26N2O2. The van der Waals surface area contributed by atoms with E-state index in [2.05, 4.69) is 50.0 Å². The topological polar surface area (TPSA) is 43.7 Å². The Morgan fingerprint density at radius 2 is 1.45 bits per heavy atom. The molecule has 4 heteroatoms. The summed E-state index contributed by atoms with van der Waals surface area (Å²) in [6, 6.07) is 24.4. The van der Waals surface area contributed by atoms with Gasteiger partial charge in [0, 0.05) is 11.1 Å². The average Bonchev–Trinajstić information content (AvgIpc) is 3.18. The number of rotatable bonds is 4. The largest absolute Gasteiger partial charge is 0.495 e. The van der Waals surface area contributed by atoms with Crippen LogP contribution in [0.2, 0.25) is 0 Å². The molecule has 4 rings (SSSR count). The van der Waals surface area contributed by atoms with Crippen LogP contribution in [0.3, 0.4) is 0 Å². The minimum atomic E-state index is -0.724. The molecule has 2 aromatic carbocycles. The number of aliphatic imine (C=N–C) groups is 1. The van der Waals surface area contributed by atoms with Crippen LogP contribution in [-0.2, 0) is 10.3 Å². The van der Waals surface area contributed by atoms with Gasteiger partial charge >= 0.3 is 0 Å². The van der Waals surface area contributed by atoms with Crippen LogP contribution in [0, 0.1) is 5.41 Å². The second-order valence-electron chi connectivity index (χ2n) is 8.36. The molecule has 0 fully saturated rings. The van der Waals surface area contributed by atoms with E-state index in [4.69, 9.17) is 14.5 Å². The Hall–Kier alpha value is -3.14. The summed E-state index contributed by atoms with van der Waals surface area (Å²) in [5.41, 5.74) is 2.00. The highest BCUT2D eigenvalue weighted by Crippen LogP contribution is 2.49. The zero-order valence-electron chi connectivity index (χ0n) is 17.3. The number of ether oxygens (including phenoxy) is 2. The van der Waals surface area contributed by atoms with Gasteiger partial charge in [0.2, 0.25) is 5.90 Å². The molecule has 3 aromatic rings. The van der Waals surface area contributed by atoms with Crippen molar-refractivity contribution in [1.29, 1.82) is 0 Å². The molecule has 0 bridgehead atoms. The molecule has 0 amide bonds. The van der Waals surface area contributed by atoms with Crippen LogP contribution in [0.25, 0.3) is 0 Å². The van der Waals surface area contributed by atoms with Crippen molar-refractivity contribution in [1.82, 2.24) is 4.98 Å². The van der Waals surface area contributed by atoms with Crippen LogP contribution in [-0.4, -0.2) is 24.0 Å². The SMILES string of the molecule is COc1ccc(C2=N[C@@H](C(C)(C)C)C(c3ccccc3)(c3ccccc3)O2)nc1. The van der Waals surface area contributed by atoms with Gasteiger partial charge in [-0.3, -0.25) is 0 Å². The number of hydrogen-bond donors (Lipinski definition) is 0. The molecule has 0 saturated carbocycles. The van der Waals surface area contributed by atoms with Crippen LogP contribution < -0.4 is 4.74 Å². The maximum atomic E-state index is 6.77. The Balaban J connectivity index is 1.90. The third-order valence-electron chi connectivity index (χ3n) is 5.31. The molecule has 1 aromatic heterocycles. The molecule has 0 spiro atoms. The number of nitrogens with zero attached hydrogens (tertiary/aromatic N) is 2. The lowest BCUT2D eigenvalue weighted by Crippen LogP contribution is -2.45. The van der Waals surface area contributed by atoms with Crippen molar-refractivity contribution in [2.75, 3.05) is 7.11 Å². The van der Waals surface area contributed by atoms with Crippen molar-refractivity contribution in [3.05, 3.63) is 95.8 Å². The highest BCUT2D eigenvalue weighted by molar-refractivity contribution is 5.94. The van der Waals surface area contributed by atoms with Gasteiger partial charge < -0.3 is 9.47 Å². The molecule has 1 aliphatic rings. The molecule has 0 radical (unpaired) electrons. The fraction of sp³-hybridized carbons (Fsp3) is 0.280. The Bertz CT molecular complexity index is 951. The van der Waals surface area contributed by atoms with E-state index in [1.165, 1.54) is 0 Å². The number of hydrogen-bond acceptors (Lipinski definition) is 4. The highest BCUT2D eigenvalue weighted by Gasteiger charge is 2.54. The van der Waals surface area contributed by atoms with Gasteiger partial charge in [0.05, 0.1) is 13.3 Å². The van der Waals surface area contributed by atoms with Crippen molar-refractivity contribution in [3.8, 4) is 5.75 Å². The standard InChI is InChI=1S/C25H26N2O2/c1-24(2,3)23-25(18-11-7-5-8-12-18,19-13-9-6-10-14-19)29-22(27-23)21-16-15-20(28-4)17-26-21/h5-17,23H,1-4H3/t23-/m0/s1. The van der Waals surface area contributed by atoms with Crippen LogP contribution >= 0.6 is 0 Å². The van der Waals surface area contributed by atoms with Crippen molar-refractivity contribution in [3.63, 3.8) is 0 Å². The fourth-order valence-electron chi connectivity index (χ4n) is 3.96. The van der Waals surface area contributed by atoms with Crippen LogP contribution in [0.1, 0.15) is 37.6 Å². The Kier molecular flexibility index (Phi) is 4.87. The van der Waals surface area contributed by atoms with Gasteiger partial charge in [-0.1, -0.05) is 81.4 Å². The van der Waals surface area contributed by atoms with Gasteiger partial charge in [0.25, 0.3) is 0 Å². The van der Waals surface area contributed by atoms with E-state index < -0.39 is 5.60 Å². The predicted molar refractivity (Wildman–Crippen MR) is 115 cm³/mol. The summed E-state index contributed by atoms with van der Waals surface area (Å²) in [6.07, 6.45) is 1.69. The van der Waals surface area contributed by atoms with Gasteiger partial charge in [-0.2, -0.15) is 0 Å². The first-order chi connectivity index (χ1) is 13.9. The molecular weight excluding hydrogens is 360 g/mol. The summed E-state index contributed by atoms with van der Waals surface area (Å²) in [4.78, 5) is 9.60. The monoisotopic (exact) mass is 386 g/mol. The maximum absolute atomic E-state index is 6.77. The number of aromatic nitrogens is 1. The van der Waals surface area contributed by atoms with Crippen LogP contribution in [0.5, 0.6) is 5.75 Å². The van der Waals surface area contributed by atoms with Gasteiger partial charge in [-0.25, -0.2) is 9.98 Å². The van der Waals surface area contributed by atoms with E-state index in [9.17, 15) is 0 Å². The first kappa shape index (κ1) is 19.2. The smallest absolute Gasteiger partial charge is 0.237 e. The van der Waals surface area contributed by atoms with Gasteiger partial charge in [-0.05, 0) is 17.5 Å². The van der Waals surface area contributed by atoms with Crippen molar-refractivity contribution in [2.45, 2.75) is 32.4 Å². The van der Waals surface area contributed by atoms with E-state index in [0.29, 0.717) is 17.3 Å². The average molecular weight is 386 g/mol. The second kappa shape index (κ2) is 7.36. The Morgan fingerprint density at radius 1 is 0.862 bits per heavy atom. The number of methoxy groups -OCH3 is 1. The molecule has 148 valence electrons. The van der Waals surface area contributed by atoms with Gasteiger partial charge in [0.1, 0.15) is 17.5 Å².